The van der Waals surface area contributed by atoms with Crippen molar-refractivity contribution in [2.45, 2.75) is 103 Å². The third kappa shape index (κ3) is 10.5. The number of carbonyl (C=O) groups excluding carboxylic acids is 7. The van der Waals surface area contributed by atoms with Gasteiger partial charge in [-0.1, -0.05) is 49.4 Å². The van der Waals surface area contributed by atoms with Gasteiger partial charge < -0.3 is 29.2 Å². The number of imide groups is 2. The standard InChI is InChI=1S/C52H58N4O11/c1-7-38(35-25-32(4)47(65-6)44(27-35)64-5)49(60)55-23-9-8-16-42(55)52(63)67-43(21-19-33-18-17-30(2)31(3)24-33)34-12-10-13-37(26-34)66-29-36(57)28-53-40-15-11-14-39-46(40)51(62)56(50(39)61)41-20-22-45(58)54-48(41)59/h10-15,17-18,24-27,38,41-43,53H,7-9,16,19-23,28-29H2,1-6H3,(H,54,58,59)/t38-,41?,42-,43+/m0/s1. The van der Waals surface area contributed by atoms with Crippen molar-refractivity contribution in [2.24, 2.45) is 0 Å². The van der Waals surface area contributed by atoms with Gasteiger partial charge in [0.15, 0.2) is 17.3 Å². The normalized spacial score (nSPS) is 17.9. The Bertz CT molecular complexity index is 2590. The smallest absolute Gasteiger partial charge is 0.329 e. The fourth-order valence-corrected chi connectivity index (χ4v) is 9.22. The molecule has 3 heterocycles. The lowest BCUT2D eigenvalue weighted by Gasteiger charge is -2.37. The van der Waals surface area contributed by atoms with Crippen molar-refractivity contribution in [1.82, 2.24) is 15.1 Å². The number of Topliss-reactive ketones (excluding diaryl/α,β-unsaturated/α-hetero) is 1. The zero-order chi connectivity index (χ0) is 47.9. The number of ether oxygens (including phenoxy) is 4. The molecule has 4 atom stereocenters. The van der Waals surface area contributed by atoms with Crippen molar-refractivity contribution in [2.75, 3.05) is 39.2 Å². The van der Waals surface area contributed by atoms with E-state index in [9.17, 15) is 33.6 Å². The van der Waals surface area contributed by atoms with Gasteiger partial charge >= 0.3 is 5.97 Å². The summed E-state index contributed by atoms with van der Waals surface area (Å²) in [5.74, 6) is -2.55. The van der Waals surface area contributed by atoms with Gasteiger partial charge in [-0.25, -0.2) is 4.79 Å². The number of hydrogen-bond acceptors (Lipinski definition) is 12. The van der Waals surface area contributed by atoms with Crippen molar-refractivity contribution in [1.29, 1.82) is 0 Å². The van der Waals surface area contributed by atoms with Crippen LogP contribution in [0.25, 0.3) is 0 Å². The van der Waals surface area contributed by atoms with Gasteiger partial charge in [-0.05, 0) is 129 Å². The van der Waals surface area contributed by atoms with E-state index in [0.29, 0.717) is 55.0 Å². The minimum Gasteiger partial charge on any atom is -0.493 e. The molecule has 0 saturated carbocycles. The molecule has 4 aromatic rings. The molecule has 0 aromatic heterocycles. The van der Waals surface area contributed by atoms with E-state index < -0.39 is 53.7 Å². The molecular formula is C52H58N4O11. The number of piperidine rings is 2. The van der Waals surface area contributed by atoms with Crippen molar-refractivity contribution >= 4 is 47.0 Å². The molecule has 1 unspecified atom stereocenters. The molecule has 352 valence electrons. The lowest BCUT2D eigenvalue weighted by molar-refractivity contribution is -0.162. The molecule has 0 aliphatic carbocycles. The molecule has 0 bridgehead atoms. The van der Waals surface area contributed by atoms with Crippen LogP contribution in [0.3, 0.4) is 0 Å². The Morgan fingerprint density at radius 2 is 1.63 bits per heavy atom. The van der Waals surface area contributed by atoms with Crippen molar-refractivity contribution in [3.63, 3.8) is 0 Å². The lowest BCUT2D eigenvalue weighted by atomic mass is 9.91. The molecule has 0 radical (unpaired) electrons. The van der Waals surface area contributed by atoms with Gasteiger partial charge in [0.25, 0.3) is 11.8 Å². The number of aryl methyl sites for hydroxylation is 4. The average molecular weight is 915 g/mol. The van der Waals surface area contributed by atoms with E-state index >= 15 is 0 Å². The molecule has 4 aromatic carbocycles. The number of amides is 5. The van der Waals surface area contributed by atoms with E-state index in [1.54, 1.807) is 49.5 Å². The summed E-state index contributed by atoms with van der Waals surface area (Å²) in [4.78, 5) is 95.7. The molecule has 7 rings (SSSR count). The van der Waals surface area contributed by atoms with E-state index in [1.165, 1.54) is 11.6 Å². The predicted molar refractivity (Wildman–Crippen MR) is 248 cm³/mol. The highest BCUT2D eigenvalue weighted by molar-refractivity contribution is 6.25. The summed E-state index contributed by atoms with van der Waals surface area (Å²) in [6.45, 7) is 7.80. The molecule has 15 heteroatoms. The molecule has 3 aliphatic rings. The molecule has 3 aliphatic heterocycles. The number of nitrogens with zero attached hydrogens (tertiary/aromatic N) is 2. The number of rotatable bonds is 18. The molecule has 2 saturated heterocycles. The summed E-state index contributed by atoms with van der Waals surface area (Å²) in [7, 11) is 3.14. The monoisotopic (exact) mass is 914 g/mol. The van der Waals surface area contributed by atoms with Gasteiger partial charge in [0.05, 0.1) is 37.8 Å². The summed E-state index contributed by atoms with van der Waals surface area (Å²) in [6, 6.07) is 19.8. The van der Waals surface area contributed by atoms with E-state index in [2.05, 4.69) is 42.7 Å². The second kappa shape index (κ2) is 21.1. The van der Waals surface area contributed by atoms with Crippen LogP contribution >= 0.6 is 0 Å². The van der Waals surface area contributed by atoms with Crippen LogP contribution in [-0.4, -0.2) is 97.1 Å². The molecule has 67 heavy (non-hydrogen) atoms. The number of benzene rings is 4. The highest BCUT2D eigenvalue weighted by Gasteiger charge is 2.46. The maximum absolute atomic E-state index is 14.4. The first kappa shape index (κ1) is 47.9. The number of fused-ring (bicyclic) bond motifs is 1. The quantitative estimate of drug-likeness (QED) is 0.0780. The second-order valence-corrected chi connectivity index (χ2v) is 17.4. The van der Waals surface area contributed by atoms with Crippen LogP contribution in [0.5, 0.6) is 17.2 Å². The van der Waals surface area contributed by atoms with Crippen LogP contribution in [0.2, 0.25) is 0 Å². The van der Waals surface area contributed by atoms with Gasteiger partial charge in [0.1, 0.15) is 30.5 Å². The number of likely N-dealkylation sites (tertiary alicyclic amines) is 1. The number of carbonyl (C=O) groups is 7. The zero-order valence-corrected chi connectivity index (χ0v) is 38.9. The van der Waals surface area contributed by atoms with E-state index in [-0.39, 0.29) is 54.5 Å². The number of anilines is 1. The Morgan fingerprint density at radius 1 is 0.836 bits per heavy atom. The van der Waals surface area contributed by atoms with E-state index in [0.717, 1.165) is 40.0 Å². The third-order valence-electron chi connectivity index (χ3n) is 13.0. The predicted octanol–water partition coefficient (Wildman–Crippen LogP) is 6.88. The van der Waals surface area contributed by atoms with Crippen LogP contribution in [-0.2, 0) is 35.1 Å². The van der Waals surface area contributed by atoms with Gasteiger partial charge in [-0.3, -0.25) is 39.0 Å². The molecule has 15 nitrogen and oxygen atoms in total. The summed E-state index contributed by atoms with van der Waals surface area (Å²) >= 11 is 0. The Hall–Kier alpha value is -7.03. The third-order valence-corrected chi connectivity index (χ3v) is 13.0. The average Bonchev–Trinajstić information content (AvgIpc) is 3.58. The Morgan fingerprint density at radius 3 is 2.36 bits per heavy atom. The largest absolute Gasteiger partial charge is 0.493 e. The summed E-state index contributed by atoms with van der Waals surface area (Å²) in [6.07, 6.45) is 2.83. The van der Waals surface area contributed by atoms with Gasteiger partial charge in [-0.15, -0.1) is 0 Å². The van der Waals surface area contributed by atoms with Crippen molar-refractivity contribution in [3.05, 3.63) is 117 Å². The minimum absolute atomic E-state index is 0.00452. The Balaban J connectivity index is 1.04. The maximum Gasteiger partial charge on any atom is 0.329 e. The summed E-state index contributed by atoms with van der Waals surface area (Å²) < 4.78 is 23.6. The van der Waals surface area contributed by atoms with Crippen LogP contribution in [0, 0.1) is 20.8 Å². The number of nitrogens with one attached hydrogen (secondary N) is 2. The molecule has 2 fully saturated rings. The maximum atomic E-state index is 14.4. The highest BCUT2D eigenvalue weighted by Crippen LogP contribution is 2.38. The summed E-state index contributed by atoms with van der Waals surface area (Å²) in [5.41, 5.74) is 6.06. The second-order valence-electron chi connectivity index (χ2n) is 17.4. The molecule has 5 amide bonds. The zero-order valence-electron chi connectivity index (χ0n) is 38.9. The van der Waals surface area contributed by atoms with Crippen LogP contribution in [0.4, 0.5) is 5.69 Å². The SMILES string of the molecule is CC[C@H](C(=O)N1CCCC[C@H]1C(=O)O[C@H](CCc1ccc(C)c(C)c1)c1cccc(OCC(=O)CNc2cccc3c2C(=O)N(C2CCC(=O)NC2=O)C3=O)c1)c1cc(C)c(OC)c(OC)c1. The van der Waals surface area contributed by atoms with Crippen molar-refractivity contribution in [3.8, 4) is 17.2 Å². The van der Waals surface area contributed by atoms with E-state index in [1.807, 2.05) is 32.0 Å². The Kier molecular flexibility index (Phi) is 15.1. The first-order valence-corrected chi connectivity index (χ1v) is 22.8. The fraction of sp³-hybridized carbons (Fsp3) is 0.404. The topological polar surface area (TPSA) is 187 Å². The molecule has 2 N–H and O–H groups in total. The fourth-order valence-electron chi connectivity index (χ4n) is 9.22. The minimum atomic E-state index is -1.12. The summed E-state index contributed by atoms with van der Waals surface area (Å²) in [5, 5.41) is 5.15. The Labute approximate surface area is 390 Å². The number of esters is 1. The molecular weight excluding hydrogens is 857 g/mol. The lowest BCUT2D eigenvalue weighted by Crippen LogP contribution is -2.54. The van der Waals surface area contributed by atoms with Gasteiger partial charge in [0.2, 0.25) is 17.7 Å². The van der Waals surface area contributed by atoms with Crippen LogP contribution in [0.1, 0.15) is 118 Å². The highest BCUT2D eigenvalue weighted by atomic mass is 16.5. The van der Waals surface area contributed by atoms with Crippen LogP contribution < -0.4 is 24.8 Å². The number of methoxy groups -OCH3 is 2. The van der Waals surface area contributed by atoms with Crippen LogP contribution in [0.15, 0.2) is 72.8 Å². The number of ketones is 1. The van der Waals surface area contributed by atoms with Crippen molar-refractivity contribution < 1.29 is 52.5 Å². The van der Waals surface area contributed by atoms with E-state index in [4.69, 9.17) is 18.9 Å². The van der Waals surface area contributed by atoms with Gasteiger partial charge in [-0.2, -0.15) is 0 Å². The van der Waals surface area contributed by atoms with Gasteiger partial charge in [0, 0.05) is 18.7 Å². The first-order chi connectivity index (χ1) is 32.2. The number of hydrogen-bond donors (Lipinski definition) is 2. The first-order valence-electron chi connectivity index (χ1n) is 22.8. The molecule has 0 spiro atoms.